The van der Waals surface area contributed by atoms with Crippen LogP contribution in [0.25, 0.3) is 10.1 Å². The summed E-state index contributed by atoms with van der Waals surface area (Å²) in [5, 5.41) is 12.8. The monoisotopic (exact) mass is 278 g/mol. The molecule has 1 N–H and O–H groups in total. The number of benzene rings is 1. The van der Waals surface area contributed by atoms with Gasteiger partial charge in [0.15, 0.2) is 0 Å². The molecule has 0 aliphatic carbocycles. The summed E-state index contributed by atoms with van der Waals surface area (Å²) in [5.74, 6) is -0.426. The Hall–Kier alpha value is -1.57. The van der Waals surface area contributed by atoms with Crippen LogP contribution < -0.4 is 5.32 Å². The van der Waals surface area contributed by atoms with Gasteiger partial charge < -0.3 is 5.32 Å². The molecule has 0 radical (unpaired) electrons. The van der Waals surface area contributed by atoms with Crippen LogP contribution in [-0.4, -0.2) is 12.5 Å². The fourth-order valence-electron chi connectivity index (χ4n) is 1.53. The first-order valence-corrected chi connectivity index (χ1v) is 6.67. The van der Waals surface area contributed by atoms with Crippen LogP contribution in [0.3, 0.4) is 0 Å². The third-order valence-corrected chi connectivity index (χ3v) is 4.20. The molecule has 0 bridgehead atoms. The maximum atomic E-state index is 12.0. The number of hydrogen-bond acceptors (Lipinski definition) is 3. The summed E-state index contributed by atoms with van der Waals surface area (Å²) in [6.07, 6.45) is 0. The average molecular weight is 279 g/mol. The third kappa shape index (κ3) is 2.47. The Balaban J connectivity index is 2.23. The first kappa shape index (κ1) is 12.9. The molecule has 1 aromatic heterocycles. The van der Waals surface area contributed by atoms with Gasteiger partial charge in [0.05, 0.1) is 17.0 Å². The maximum Gasteiger partial charge on any atom is 0.262 e. The van der Waals surface area contributed by atoms with E-state index in [4.69, 9.17) is 16.9 Å². The standard InChI is InChI=1S/C13H11ClN2OS/c1-8(6-15)7-16-13(17)12-11(14)9-4-2-3-5-10(9)18-12/h2-5,8H,7H2,1H3,(H,16,17). The van der Waals surface area contributed by atoms with E-state index in [1.807, 2.05) is 24.3 Å². The van der Waals surface area contributed by atoms with Crippen LogP contribution in [-0.2, 0) is 0 Å². The Kier molecular flexibility index (Phi) is 3.85. The van der Waals surface area contributed by atoms with E-state index in [0.29, 0.717) is 16.4 Å². The zero-order valence-electron chi connectivity index (χ0n) is 9.74. The molecular formula is C13H11ClN2OS. The molecule has 3 nitrogen and oxygen atoms in total. The minimum atomic E-state index is -0.219. The van der Waals surface area contributed by atoms with Gasteiger partial charge in [-0.3, -0.25) is 4.79 Å². The molecule has 0 spiro atoms. The van der Waals surface area contributed by atoms with Crippen molar-refractivity contribution in [1.29, 1.82) is 5.26 Å². The van der Waals surface area contributed by atoms with E-state index in [0.717, 1.165) is 10.1 Å². The Morgan fingerprint density at radius 1 is 1.56 bits per heavy atom. The smallest absolute Gasteiger partial charge is 0.262 e. The molecule has 92 valence electrons. The van der Waals surface area contributed by atoms with Gasteiger partial charge in [0.1, 0.15) is 4.88 Å². The number of nitrogens with one attached hydrogen (secondary N) is 1. The lowest BCUT2D eigenvalue weighted by Crippen LogP contribution is -2.27. The van der Waals surface area contributed by atoms with Crippen LogP contribution in [0, 0.1) is 17.2 Å². The Morgan fingerprint density at radius 2 is 2.28 bits per heavy atom. The molecule has 0 aliphatic heterocycles. The second-order valence-electron chi connectivity index (χ2n) is 3.98. The zero-order chi connectivity index (χ0) is 13.1. The maximum absolute atomic E-state index is 12.0. The van der Waals surface area contributed by atoms with E-state index in [1.54, 1.807) is 6.92 Å². The van der Waals surface area contributed by atoms with E-state index in [1.165, 1.54) is 11.3 Å². The van der Waals surface area contributed by atoms with Gasteiger partial charge in [-0.05, 0) is 13.0 Å². The molecule has 1 aromatic carbocycles. The van der Waals surface area contributed by atoms with Crippen molar-refractivity contribution in [3.8, 4) is 6.07 Å². The molecule has 0 aliphatic rings. The largest absolute Gasteiger partial charge is 0.350 e. The number of rotatable bonds is 3. The minimum absolute atomic E-state index is 0.206. The highest BCUT2D eigenvalue weighted by atomic mass is 35.5. The summed E-state index contributed by atoms with van der Waals surface area (Å²) in [5.41, 5.74) is 0. The predicted molar refractivity (Wildman–Crippen MR) is 73.9 cm³/mol. The Bertz CT molecular complexity index is 629. The van der Waals surface area contributed by atoms with Crippen molar-refractivity contribution >= 4 is 38.9 Å². The highest BCUT2D eigenvalue weighted by Gasteiger charge is 2.16. The predicted octanol–water partition coefficient (Wildman–Crippen LogP) is 3.44. The number of halogens is 1. The minimum Gasteiger partial charge on any atom is -0.350 e. The first-order valence-electron chi connectivity index (χ1n) is 5.48. The van der Waals surface area contributed by atoms with Crippen molar-refractivity contribution in [2.45, 2.75) is 6.92 Å². The van der Waals surface area contributed by atoms with Crippen LogP contribution in [0.1, 0.15) is 16.6 Å². The summed E-state index contributed by atoms with van der Waals surface area (Å²) >= 11 is 7.55. The van der Waals surface area contributed by atoms with Crippen LogP contribution in [0.4, 0.5) is 0 Å². The second-order valence-corrected chi connectivity index (χ2v) is 5.41. The molecule has 1 atom stereocenters. The normalized spacial score (nSPS) is 12.1. The lowest BCUT2D eigenvalue weighted by molar-refractivity contribution is 0.0955. The van der Waals surface area contributed by atoms with Crippen molar-refractivity contribution in [3.05, 3.63) is 34.2 Å². The molecule has 2 rings (SSSR count). The highest BCUT2D eigenvalue weighted by Crippen LogP contribution is 2.34. The van der Waals surface area contributed by atoms with Gasteiger partial charge in [-0.2, -0.15) is 5.26 Å². The fraction of sp³-hybridized carbons (Fsp3) is 0.231. The van der Waals surface area contributed by atoms with Crippen LogP contribution in [0.15, 0.2) is 24.3 Å². The summed E-state index contributed by atoms with van der Waals surface area (Å²) in [7, 11) is 0. The summed E-state index contributed by atoms with van der Waals surface area (Å²) < 4.78 is 0.987. The topological polar surface area (TPSA) is 52.9 Å². The van der Waals surface area contributed by atoms with Gasteiger partial charge in [0, 0.05) is 16.6 Å². The van der Waals surface area contributed by atoms with Gasteiger partial charge in [0.2, 0.25) is 0 Å². The number of nitrogens with zero attached hydrogens (tertiary/aromatic N) is 1. The number of fused-ring (bicyclic) bond motifs is 1. The molecule has 0 fully saturated rings. The number of thiophene rings is 1. The number of carbonyl (C=O) groups is 1. The molecular weight excluding hydrogens is 268 g/mol. The molecule has 1 unspecified atom stereocenters. The van der Waals surface area contributed by atoms with E-state index in [2.05, 4.69) is 11.4 Å². The van der Waals surface area contributed by atoms with Gasteiger partial charge >= 0.3 is 0 Å². The van der Waals surface area contributed by atoms with Crippen molar-refractivity contribution in [2.75, 3.05) is 6.54 Å². The second kappa shape index (κ2) is 5.38. The van der Waals surface area contributed by atoms with Crippen molar-refractivity contribution in [1.82, 2.24) is 5.32 Å². The molecule has 0 saturated heterocycles. The van der Waals surface area contributed by atoms with Gasteiger partial charge in [-0.1, -0.05) is 29.8 Å². The highest BCUT2D eigenvalue weighted by molar-refractivity contribution is 7.21. The van der Waals surface area contributed by atoms with E-state index < -0.39 is 0 Å². The van der Waals surface area contributed by atoms with Gasteiger partial charge in [0.25, 0.3) is 5.91 Å². The molecule has 1 heterocycles. The van der Waals surface area contributed by atoms with Crippen molar-refractivity contribution < 1.29 is 4.79 Å². The summed E-state index contributed by atoms with van der Waals surface area (Å²) in [6.45, 7) is 2.09. The lowest BCUT2D eigenvalue weighted by Gasteiger charge is -2.04. The van der Waals surface area contributed by atoms with Crippen LogP contribution >= 0.6 is 22.9 Å². The molecule has 2 aromatic rings. The quantitative estimate of drug-likeness (QED) is 0.935. The number of hydrogen-bond donors (Lipinski definition) is 1. The number of nitriles is 1. The van der Waals surface area contributed by atoms with Crippen LogP contribution in [0.2, 0.25) is 5.02 Å². The molecule has 0 saturated carbocycles. The van der Waals surface area contributed by atoms with Crippen LogP contribution in [0.5, 0.6) is 0 Å². The number of carbonyl (C=O) groups excluding carboxylic acids is 1. The molecule has 1 amide bonds. The van der Waals surface area contributed by atoms with E-state index in [-0.39, 0.29) is 11.8 Å². The molecule has 5 heteroatoms. The average Bonchev–Trinajstić information content (AvgIpc) is 2.73. The first-order chi connectivity index (χ1) is 8.63. The summed E-state index contributed by atoms with van der Waals surface area (Å²) in [6, 6.07) is 9.69. The van der Waals surface area contributed by atoms with E-state index in [9.17, 15) is 4.79 Å². The molecule has 18 heavy (non-hydrogen) atoms. The fourth-order valence-corrected chi connectivity index (χ4v) is 2.97. The third-order valence-electron chi connectivity index (χ3n) is 2.53. The number of amides is 1. The Morgan fingerprint density at radius 3 is 2.94 bits per heavy atom. The SMILES string of the molecule is CC(C#N)CNC(=O)c1sc2ccccc2c1Cl. The lowest BCUT2D eigenvalue weighted by atomic mass is 10.2. The van der Waals surface area contributed by atoms with Crippen molar-refractivity contribution in [2.24, 2.45) is 5.92 Å². The van der Waals surface area contributed by atoms with E-state index >= 15 is 0 Å². The zero-order valence-corrected chi connectivity index (χ0v) is 11.3. The van der Waals surface area contributed by atoms with Gasteiger partial charge in [-0.15, -0.1) is 11.3 Å². The van der Waals surface area contributed by atoms with Gasteiger partial charge in [-0.25, -0.2) is 0 Å². The Labute approximate surface area is 114 Å². The summed E-state index contributed by atoms with van der Waals surface area (Å²) in [4.78, 5) is 12.5. The van der Waals surface area contributed by atoms with Crippen molar-refractivity contribution in [3.63, 3.8) is 0 Å².